The highest BCUT2D eigenvalue weighted by molar-refractivity contribution is 8.25. The van der Waals surface area contributed by atoms with E-state index in [2.05, 4.69) is 168 Å². The van der Waals surface area contributed by atoms with Crippen molar-refractivity contribution in [2.45, 2.75) is 0 Å². The van der Waals surface area contributed by atoms with Crippen LogP contribution in [0.1, 0.15) is 0 Å². The van der Waals surface area contributed by atoms with Crippen LogP contribution in [-0.2, 0) is 11.8 Å². The monoisotopic (exact) mass is 610 g/mol. The summed E-state index contributed by atoms with van der Waals surface area (Å²) in [6, 6.07) is 56.5. The van der Waals surface area contributed by atoms with Crippen LogP contribution in [0.15, 0.2) is 164 Å². The van der Waals surface area contributed by atoms with E-state index < -0.39 is 6.04 Å². The largest absolute Gasteiger partial charge is 0.292 e. The third-order valence-electron chi connectivity index (χ3n) is 9.02. The lowest BCUT2D eigenvalue weighted by Gasteiger charge is -2.24. The fraction of sp³-hybridized carbons (Fsp3) is 0. The summed E-state index contributed by atoms with van der Waals surface area (Å²) in [6.07, 6.45) is 0. The molecule has 0 aliphatic heterocycles. The molecule has 7 aromatic carbocycles. The van der Waals surface area contributed by atoms with Crippen LogP contribution >= 0.6 is 6.04 Å². The Balaban J connectivity index is 1.24. The molecular formula is C41H27N2PS. The predicted octanol–water partition coefficient (Wildman–Crippen LogP) is 9.37. The number of para-hydroxylation sites is 3. The lowest BCUT2D eigenvalue weighted by molar-refractivity contribution is 1.31. The Morgan fingerprint density at radius 2 is 1.07 bits per heavy atom. The molecule has 0 bridgehead atoms. The van der Waals surface area contributed by atoms with Gasteiger partial charge in [-0.1, -0.05) is 133 Å². The fourth-order valence-electron chi connectivity index (χ4n) is 6.82. The Bertz CT molecular complexity index is 2580. The van der Waals surface area contributed by atoms with Crippen LogP contribution < -0.4 is 15.9 Å². The summed E-state index contributed by atoms with van der Waals surface area (Å²) in [7, 11) is 0. The molecule has 0 N–H and O–H groups in total. The van der Waals surface area contributed by atoms with Crippen LogP contribution in [-0.4, -0.2) is 9.38 Å². The van der Waals surface area contributed by atoms with Gasteiger partial charge in [-0.25, -0.2) is 4.98 Å². The fourth-order valence-corrected chi connectivity index (χ4v) is 10.6. The highest BCUT2D eigenvalue weighted by atomic mass is 32.4. The van der Waals surface area contributed by atoms with E-state index in [0.29, 0.717) is 0 Å². The van der Waals surface area contributed by atoms with E-state index in [1.165, 1.54) is 54.1 Å². The van der Waals surface area contributed by atoms with E-state index in [1.807, 2.05) is 0 Å². The summed E-state index contributed by atoms with van der Waals surface area (Å²) >= 11 is 6.65. The van der Waals surface area contributed by atoms with Crippen LogP contribution in [0.25, 0.3) is 60.3 Å². The molecule has 0 aliphatic carbocycles. The molecule has 9 aromatic rings. The number of nitrogens with zero attached hydrogens (tertiary/aromatic N) is 2. The minimum absolute atomic E-state index is 0.993. The van der Waals surface area contributed by atoms with E-state index in [9.17, 15) is 0 Å². The number of hydrogen-bond acceptors (Lipinski definition) is 2. The van der Waals surface area contributed by atoms with Crippen molar-refractivity contribution in [1.29, 1.82) is 0 Å². The molecule has 2 nitrogen and oxygen atoms in total. The van der Waals surface area contributed by atoms with Gasteiger partial charge in [-0.15, -0.1) is 0 Å². The molecule has 2 aromatic heterocycles. The zero-order chi connectivity index (χ0) is 30.0. The molecule has 0 aliphatic rings. The smallest absolute Gasteiger partial charge is 0.146 e. The molecular weight excluding hydrogens is 584 g/mol. The van der Waals surface area contributed by atoms with Crippen molar-refractivity contribution in [1.82, 2.24) is 9.38 Å². The van der Waals surface area contributed by atoms with E-state index in [-0.39, 0.29) is 0 Å². The topological polar surface area (TPSA) is 17.3 Å². The summed E-state index contributed by atoms with van der Waals surface area (Å²) in [5.41, 5.74) is 6.68. The summed E-state index contributed by atoms with van der Waals surface area (Å²) in [5.74, 6) is 0. The average Bonchev–Trinajstić information content (AvgIpc) is 3.51. The van der Waals surface area contributed by atoms with Crippen molar-refractivity contribution in [3.63, 3.8) is 0 Å². The van der Waals surface area contributed by atoms with Gasteiger partial charge in [0, 0.05) is 16.8 Å². The summed E-state index contributed by atoms with van der Waals surface area (Å²) < 4.78 is 2.30. The third kappa shape index (κ3) is 4.09. The van der Waals surface area contributed by atoms with Gasteiger partial charge in [0.25, 0.3) is 0 Å². The van der Waals surface area contributed by atoms with Crippen molar-refractivity contribution in [2.24, 2.45) is 0 Å². The Morgan fingerprint density at radius 1 is 0.444 bits per heavy atom. The van der Waals surface area contributed by atoms with Gasteiger partial charge in [-0.2, -0.15) is 0 Å². The number of imidazole rings is 1. The molecule has 212 valence electrons. The minimum atomic E-state index is -2.24. The lowest BCUT2D eigenvalue weighted by atomic mass is 9.97. The Morgan fingerprint density at radius 3 is 1.84 bits per heavy atom. The molecule has 0 unspecified atom stereocenters. The van der Waals surface area contributed by atoms with Crippen LogP contribution in [0.5, 0.6) is 0 Å². The number of aromatic nitrogens is 2. The summed E-state index contributed by atoms with van der Waals surface area (Å²) in [6.45, 7) is 0. The second-order valence-electron chi connectivity index (χ2n) is 11.6. The van der Waals surface area contributed by atoms with Gasteiger partial charge in [0.05, 0.1) is 16.6 Å². The minimum Gasteiger partial charge on any atom is -0.292 e. The Hall–Kier alpha value is -5.08. The van der Waals surface area contributed by atoms with Crippen molar-refractivity contribution >= 4 is 82.9 Å². The van der Waals surface area contributed by atoms with Crippen molar-refractivity contribution in [3.8, 4) is 11.1 Å². The first-order chi connectivity index (χ1) is 22.2. The molecule has 0 saturated heterocycles. The number of hydrogen-bond donors (Lipinski definition) is 0. The van der Waals surface area contributed by atoms with Crippen LogP contribution in [0, 0.1) is 0 Å². The first kappa shape index (κ1) is 26.3. The molecule has 0 atom stereocenters. The van der Waals surface area contributed by atoms with Gasteiger partial charge in [0.15, 0.2) is 0 Å². The van der Waals surface area contributed by atoms with Gasteiger partial charge in [0.1, 0.15) is 5.65 Å². The highest BCUT2D eigenvalue weighted by Crippen LogP contribution is 2.43. The normalized spacial score (nSPS) is 12.1. The molecule has 9 rings (SSSR count). The van der Waals surface area contributed by atoms with Gasteiger partial charge in [-0.3, -0.25) is 4.40 Å². The zero-order valence-electron chi connectivity index (χ0n) is 24.3. The van der Waals surface area contributed by atoms with Gasteiger partial charge in [-0.05, 0) is 85.7 Å². The maximum Gasteiger partial charge on any atom is 0.146 e. The number of fused-ring (bicyclic) bond motifs is 9. The quantitative estimate of drug-likeness (QED) is 0.146. The van der Waals surface area contributed by atoms with Gasteiger partial charge >= 0.3 is 0 Å². The third-order valence-corrected chi connectivity index (χ3v) is 14.0. The zero-order valence-corrected chi connectivity index (χ0v) is 26.0. The standard InChI is InChI=1S/C41H27N2PS/c45-44(32-11-3-1-4-12-32,33-13-5-2-6-14-33)34-23-21-28-19-20-29(25-31(28)26-34)30-22-24-36-37(27-30)35-15-7-9-17-39(35)43-40-18-10-8-16-38(40)42-41(36)43/h1-27H. The van der Waals surface area contributed by atoms with Crippen LogP contribution in [0.2, 0.25) is 0 Å². The van der Waals surface area contributed by atoms with Gasteiger partial charge in [0.2, 0.25) is 0 Å². The number of pyridine rings is 1. The first-order valence-corrected chi connectivity index (χ1v) is 18.0. The molecule has 2 heterocycles. The molecule has 0 amide bonds. The molecule has 0 fully saturated rings. The van der Waals surface area contributed by atoms with Crippen molar-refractivity contribution in [2.75, 3.05) is 0 Å². The first-order valence-electron chi connectivity index (χ1n) is 15.2. The van der Waals surface area contributed by atoms with Crippen molar-refractivity contribution < 1.29 is 0 Å². The van der Waals surface area contributed by atoms with Gasteiger partial charge < -0.3 is 0 Å². The second kappa shape index (κ2) is 10.2. The van der Waals surface area contributed by atoms with E-state index >= 15 is 0 Å². The molecule has 0 radical (unpaired) electrons. The molecule has 0 saturated carbocycles. The molecule has 4 heteroatoms. The number of benzene rings is 7. The average molecular weight is 611 g/mol. The van der Waals surface area contributed by atoms with Crippen LogP contribution in [0.3, 0.4) is 0 Å². The van der Waals surface area contributed by atoms with E-state index in [4.69, 9.17) is 16.8 Å². The SMILES string of the molecule is S=P(c1ccccc1)(c1ccccc1)c1ccc2ccc(-c3ccc4c(c3)c3ccccc3n3c5ccccc5nc43)cc2c1. The highest BCUT2D eigenvalue weighted by Gasteiger charge is 2.25. The molecule has 0 spiro atoms. The lowest BCUT2D eigenvalue weighted by Crippen LogP contribution is -2.24. The Labute approximate surface area is 266 Å². The maximum atomic E-state index is 6.65. The number of rotatable bonds is 4. The molecule has 45 heavy (non-hydrogen) atoms. The van der Waals surface area contributed by atoms with E-state index in [0.717, 1.165) is 22.1 Å². The van der Waals surface area contributed by atoms with Crippen molar-refractivity contribution in [3.05, 3.63) is 164 Å². The summed E-state index contributed by atoms with van der Waals surface area (Å²) in [4.78, 5) is 5.08. The van der Waals surface area contributed by atoms with Crippen LogP contribution in [0.4, 0.5) is 0 Å². The second-order valence-corrected chi connectivity index (χ2v) is 16.0. The maximum absolute atomic E-state index is 6.65. The predicted molar refractivity (Wildman–Crippen MR) is 197 cm³/mol. The van der Waals surface area contributed by atoms with E-state index in [1.54, 1.807) is 0 Å². The summed E-state index contributed by atoms with van der Waals surface area (Å²) in [5, 5.41) is 9.62. The Kier molecular flexibility index (Phi) is 5.99.